The number of hydrogen-bond donors (Lipinski definition) is 2. The molecule has 0 aliphatic carbocycles. The second kappa shape index (κ2) is 8.21. The number of H-pyrrole nitrogens is 1. The molecular weight excluding hydrogens is 334 g/mol. The molecule has 1 atom stereocenters. The SMILES string of the molecule is CC(C)COc1ccc(CC(=O)NC(c2noc(=O)[nH]2)C(C)(C)C)cc1. The number of aromatic amines is 1. The van der Waals surface area contributed by atoms with Crippen LogP contribution in [0, 0.1) is 11.3 Å². The third kappa shape index (κ3) is 5.75. The molecule has 0 aliphatic rings. The Morgan fingerprint density at radius 2 is 1.92 bits per heavy atom. The number of benzene rings is 1. The van der Waals surface area contributed by atoms with Crippen molar-refractivity contribution >= 4 is 5.91 Å². The van der Waals surface area contributed by atoms with Crippen molar-refractivity contribution in [2.24, 2.45) is 11.3 Å². The van der Waals surface area contributed by atoms with Crippen molar-refractivity contribution in [1.82, 2.24) is 15.5 Å². The van der Waals surface area contributed by atoms with Crippen LogP contribution < -0.4 is 15.8 Å². The predicted molar refractivity (Wildman–Crippen MR) is 97.9 cm³/mol. The molecular formula is C19H27N3O4. The molecule has 7 heteroatoms. The van der Waals surface area contributed by atoms with E-state index in [-0.39, 0.29) is 17.7 Å². The maximum absolute atomic E-state index is 12.5. The molecule has 1 unspecified atom stereocenters. The Labute approximate surface area is 153 Å². The Kier molecular flexibility index (Phi) is 6.23. The predicted octanol–water partition coefficient (Wildman–Crippen LogP) is 2.84. The average Bonchev–Trinajstić information content (AvgIpc) is 2.97. The van der Waals surface area contributed by atoms with Crippen molar-refractivity contribution in [3.05, 3.63) is 46.2 Å². The van der Waals surface area contributed by atoms with Crippen LogP contribution in [-0.2, 0) is 11.2 Å². The summed E-state index contributed by atoms with van der Waals surface area (Å²) < 4.78 is 10.2. The number of nitrogens with one attached hydrogen (secondary N) is 2. The Morgan fingerprint density at radius 1 is 1.27 bits per heavy atom. The molecule has 1 aromatic carbocycles. The lowest BCUT2D eigenvalue weighted by atomic mass is 9.86. The number of carbonyl (C=O) groups is 1. The standard InChI is InChI=1S/C19H27N3O4/c1-12(2)11-25-14-8-6-13(7-9-14)10-15(23)20-16(19(3,4)5)17-21-18(24)26-22-17/h6-9,12,16H,10-11H2,1-5H3,(H,20,23)(H,21,22,24). The van der Waals surface area contributed by atoms with Gasteiger partial charge in [0.15, 0.2) is 5.82 Å². The quantitative estimate of drug-likeness (QED) is 0.790. The van der Waals surface area contributed by atoms with Crippen LogP contribution in [0.4, 0.5) is 0 Å². The lowest BCUT2D eigenvalue weighted by Crippen LogP contribution is -2.38. The Hall–Kier alpha value is -2.57. The molecule has 1 heterocycles. The van der Waals surface area contributed by atoms with E-state index in [1.54, 1.807) is 0 Å². The van der Waals surface area contributed by atoms with Crippen molar-refractivity contribution in [3.63, 3.8) is 0 Å². The minimum absolute atomic E-state index is 0.162. The van der Waals surface area contributed by atoms with Crippen LogP contribution in [0.3, 0.4) is 0 Å². The van der Waals surface area contributed by atoms with Gasteiger partial charge in [-0.2, -0.15) is 0 Å². The highest BCUT2D eigenvalue weighted by Gasteiger charge is 2.31. The maximum Gasteiger partial charge on any atom is 0.438 e. The zero-order chi connectivity index (χ0) is 19.3. The second-order valence-electron chi connectivity index (χ2n) is 7.87. The normalized spacial score (nSPS) is 12.8. The molecule has 0 radical (unpaired) electrons. The first-order valence-corrected chi connectivity index (χ1v) is 8.72. The van der Waals surface area contributed by atoms with Gasteiger partial charge in [-0.1, -0.05) is 51.9 Å². The van der Waals surface area contributed by atoms with Gasteiger partial charge in [0.25, 0.3) is 0 Å². The summed E-state index contributed by atoms with van der Waals surface area (Å²) in [6.45, 7) is 10.7. The lowest BCUT2D eigenvalue weighted by Gasteiger charge is -2.29. The first-order chi connectivity index (χ1) is 12.1. The van der Waals surface area contributed by atoms with Crippen molar-refractivity contribution in [2.75, 3.05) is 6.61 Å². The van der Waals surface area contributed by atoms with Crippen LogP contribution in [0.1, 0.15) is 52.0 Å². The molecule has 7 nitrogen and oxygen atoms in total. The van der Waals surface area contributed by atoms with E-state index >= 15 is 0 Å². The highest BCUT2D eigenvalue weighted by Crippen LogP contribution is 2.30. The fourth-order valence-corrected chi connectivity index (χ4v) is 2.42. The minimum Gasteiger partial charge on any atom is -0.493 e. The monoisotopic (exact) mass is 361 g/mol. The zero-order valence-electron chi connectivity index (χ0n) is 16.0. The summed E-state index contributed by atoms with van der Waals surface area (Å²) >= 11 is 0. The maximum atomic E-state index is 12.5. The molecule has 0 bridgehead atoms. The van der Waals surface area contributed by atoms with E-state index in [1.807, 2.05) is 45.0 Å². The second-order valence-corrected chi connectivity index (χ2v) is 7.87. The third-order valence-electron chi connectivity index (χ3n) is 3.77. The van der Waals surface area contributed by atoms with Crippen LogP contribution in [0.5, 0.6) is 5.75 Å². The Morgan fingerprint density at radius 3 is 2.42 bits per heavy atom. The first-order valence-electron chi connectivity index (χ1n) is 8.72. The lowest BCUT2D eigenvalue weighted by molar-refractivity contribution is -0.122. The molecule has 26 heavy (non-hydrogen) atoms. The fraction of sp³-hybridized carbons (Fsp3) is 0.526. The molecule has 0 fully saturated rings. The molecule has 1 aromatic heterocycles. The number of aromatic nitrogens is 2. The van der Waals surface area contributed by atoms with Gasteiger partial charge < -0.3 is 10.1 Å². The van der Waals surface area contributed by atoms with E-state index in [2.05, 4.69) is 33.8 Å². The Balaban J connectivity index is 2.00. The number of rotatable bonds is 7. The van der Waals surface area contributed by atoms with Crippen molar-refractivity contribution in [1.29, 1.82) is 0 Å². The van der Waals surface area contributed by atoms with Gasteiger partial charge in [-0.3, -0.25) is 14.3 Å². The van der Waals surface area contributed by atoms with Gasteiger partial charge in [0.1, 0.15) is 5.75 Å². The smallest absolute Gasteiger partial charge is 0.438 e. The van der Waals surface area contributed by atoms with E-state index < -0.39 is 11.8 Å². The topological polar surface area (TPSA) is 97.2 Å². The highest BCUT2D eigenvalue weighted by molar-refractivity contribution is 5.79. The van der Waals surface area contributed by atoms with E-state index in [0.29, 0.717) is 18.3 Å². The van der Waals surface area contributed by atoms with E-state index in [9.17, 15) is 9.59 Å². The molecule has 0 spiro atoms. The van der Waals surface area contributed by atoms with E-state index in [4.69, 9.17) is 4.74 Å². The third-order valence-corrected chi connectivity index (χ3v) is 3.77. The molecule has 2 aromatic rings. The number of amides is 1. The molecule has 142 valence electrons. The number of carbonyl (C=O) groups excluding carboxylic acids is 1. The highest BCUT2D eigenvalue weighted by atomic mass is 16.5. The summed E-state index contributed by atoms with van der Waals surface area (Å²) in [4.78, 5) is 26.2. The largest absolute Gasteiger partial charge is 0.493 e. The Bertz CT molecular complexity index is 769. The summed E-state index contributed by atoms with van der Waals surface area (Å²) in [6.07, 6.45) is 0.221. The van der Waals surface area contributed by atoms with Crippen LogP contribution in [-0.4, -0.2) is 22.7 Å². The summed E-state index contributed by atoms with van der Waals surface area (Å²) in [7, 11) is 0. The van der Waals surface area contributed by atoms with E-state index in [1.165, 1.54) is 0 Å². The van der Waals surface area contributed by atoms with Crippen LogP contribution in [0.2, 0.25) is 0 Å². The summed E-state index contributed by atoms with van der Waals surface area (Å²) in [5, 5.41) is 6.64. The van der Waals surface area contributed by atoms with Crippen molar-refractivity contribution < 1.29 is 14.1 Å². The molecule has 0 aliphatic heterocycles. The van der Waals surface area contributed by atoms with Gasteiger partial charge in [-0.15, -0.1) is 0 Å². The van der Waals surface area contributed by atoms with Crippen LogP contribution in [0.15, 0.2) is 33.6 Å². The number of nitrogens with zero attached hydrogens (tertiary/aromatic N) is 1. The van der Waals surface area contributed by atoms with Gasteiger partial charge in [-0.05, 0) is 29.0 Å². The summed E-state index contributed by atoms with van der Waals surface area (Å²) in [6, 6.07) is 7.01. The summed E-state index contributed by atoms with van der Waals surface area (Å²) in [5.74, 6) is 0.756. The molecule has 1 amide bonds. The zero-order valence-corrected chi connectivity index (χ0v) is 16.0. The number of hydrogen-bond acceptors (Lipinski definition) is 5. The van der Waals surface area contributed by atoms with Crippen molar-refractivity contribution in [2.45, 2.75) is 47.1 Å². The fourth-order valence-electron chi connectivity index (χ4n) is 2.42. The van der Waals surface area contributed by atoms with Gasteiger partial charge in [0.2, 0.25) is 5.91 Å². The minimum atomic E-state index is -0.638. The van der Waals surface area contributed by atoms with Crippen LogP contribution in [0.25, 0.3) is 0 Å². The average molecular weight is 361 g/mol. The molecule has 2 rings (SSSR count). The molecule has 0 saturated heterocycles. The van der Waals surface area contributed by atoms with Crippen molar-refractivity contribution in [3.8, 4) is 5.75 Å². The number of ether oxygens (including phenoxy) is 1. The first kappa shape index (κ1) is 19.8. The van der Waals surface area contributed by atoms with E-state index in [0.717, 1.165) is 11.3 Å². The van der Waals surface area contributed by atoms with Gasteiger partial charge in [0.05, 0.1) is 19.1 Å². The van der Waals surface area contributed by atoms with Gasteiger partial charge in [-0.25, -0.2) is 4.79 Å². The van der Waals surface area contributed by atoms with Gasteiger partial charge >= 0.3 is 5.76 Å². The van der Waals surface area contributed by atoms with Crippen LogP contribution >= 0.6 is 0 Å². The van der Waals surface area contributed by atoms with Gasteiger partial charge in [0, 0.05) is 0 Å². The summed E-state index contributed by atoms with van der Waals surface area (Å²) in [5.41, 5.74) is 0.532. The molecule has 0 saturated carbocycles. The molecule has 2 N–H and O–H groups in total.